The predicted molar refractivity (Wildman–Crippen MR) is 123 cm³/mol. The van der Waals surface area contributed by atoms with E-state index in [4.69, 9.17) is 0 Å². The number of anilines is 1. The molecule has 0 atom stereocenters. The van der Waals surface area contributed by atoms with E-state index in [1.54, 1.807) is 42.5 Å². The first kappa shape index (κ1) is 25.2. The fourth-order valence-electron chi connectivity index (χ4n) is 3.10. The van der Waals surface area contributed by atoms with E-state index in [0.717, 1.165) is 17.9 Å². The van der Waals surface area contributed by atoms with Crippen LogP contribution in [0.15, 0.2) is 60.7 Å². The molecule has 0 unspecified atom stereocenters. The van der Waals surface area contributed by atoms with E-state index < -0.39 is 27.9 Å². The number of amides is 2. The highest BCUT2D eigenvalue weighted by molar-refractivity contribution is 7.88. The molecule has 180 valence electrons. The molecule has 0 aliphatic heterocycles. The average Bonchev–Trinajstić information content (AvgIpc) is 2.76. The molecule has 0 saturated carbocycles. The molecule has 0 aliphatic carbocycles. The molecule has 1 heterocycles. The van der Waals surface area contributed by atoms with E-state index in [1.807, 2.05) is 13.0 Å². The molecule has 7 nitrogen and oxygen atoms in total. The summed E-state index contributed by atoms with van der Waals surface area (Å²) in [4.78, 5) is 16.2. The molecule has 0 spiro atoms. The lowest BCUT2D eigenvalue weighted by molar-refractivity contribution is -0.141. The van der Waals surface area contributed by atoms with Crippen molar-refractivity contribution in [2.24, 2.45) is 0 Å². The lowest BCUT2D eigenvalue weighted by atomic mass is 10.0. The Hall–Kier alpha value is -3.44. The van der Waals surface area contributed by atoms with E-state index in [2.05, 4.69) is 20.3 Å². The van der Waals surface area contributed by atoms with Crippen LogP contribution in [0.1, 0.15) is 22.4 Å². The summed E-state index contributed by atoms with van der Waals surface area (Å²) in [6.07, 6.45) is -3.53. The van der Waals surface area contributed by atoms with Crippen LogP contribution in [-0.4, -0.2) is 25.7 Å². The lowest BCUT2D eigenvalue weighted by Crippen LogP contribution is -2.28. The van der Waals surface area contributed by atoms with E-state index in [9.17, 15) is 26.4 Å². The normalized spacial score (nSPS) is 11.8. The summed E-state index contributed by atoms with van der Waals surface area (Å²) >= 11 is 0. The van der Waals surface area contributed by atoms with Crippen LogP contribution in [0, 0.1) is 6.92 Å². The van der Waals surface area contributed by atoms with Gasteiger partial charge in [-0.25, -0.2) is 22.9 Å². The van der Waals surface area contributed by atoms with Gasteiger partial charge < -0.3 is 10.6 Å². The zero-order valence-electron chi connectivity index (χ0n) is 18.4. The number of halogens is 3. The smallest absolute Gasteiger partial charge is 0.334 e. The van der Waals surface area contributed by atoms with Crippen LogP contribution in [0.3, 0.4) is 0 Å². The predicted octanol–water partition coefficient (Wildman–Crippen LogP) is 4.45. The molecule has 11 heteroatoms. The number of rotatable bonds is 7. The van der Waals surface area contributed by atoms with Crippen LogP contribution < -0.4 is 15.4 Å². The minimum absolute atomic E-state index is 0.0450. The highest BCUT2D eigenvalue weighted by Gasteiger charge is 2.33. The van der Waals surface area contributed by atoms with Crippen LogP contribution >= 0.6 is 0 Å². The zero-order valence-corrected chi connectivity index (χ0v) is 19.2. The molecular formula is C23H23F3N4O3S. The molecule has 0 saturated heterocycles. The highest BCUT2D eigenvalue weighted by atomic mass is 32.2. The fourth-order valence-corrected chi connectivity index (χ4v) is 3.53. The van der Waals surface area contributed by atoms with Gasteiger partial charge in [0.25, 0.3) is 0 Å². The number of alkyl halides is 3. The molecule has 3 aromatic rings. The van der Waals surface area contributed by atoms with Gasteiger partial charge in [-0.3, -0.25) is 0 Å². The van der Waals surface area contributed by atoms with Gasteiger partial charge in [0, 0.05) is 24.3 Å². The van der Waals surface area contributed by atoms with Crippen molar-refractivity contribution in [3.05, 3.63) is 83.0 Å². The Labute approximate surface area is 195 Å². The second-order valence-electron chi connectivity index (χ2n) is 7.67. The van der Waals surface area contributed by atoms with Gasteiger partial charge >= 0.3 is 12.2 Å². The monoisotopic (exact) mass is 492 g/mol. The number of hydrogen-bond donors (Lipinski definition) is 3. The molecule has 3 rings (SSSR count). The van der Waals surface area contributed by atoms with Crippen molar-refractivity contribution in [3.8, 4) is 11.3 Å². The minimum Gasteiger partial charge on any atom is -0.334 e. The van der Waals surface area contributed by atoms with Crippen molar-refractivity contribution < 1.29 is 26.4 Å². The quantitative estimate of drug-likeness (QED) is 0.454. The number of aryl methyl sites for hydroxylation is 1. The van der Waals surface area contributed by atoms with Crippen molar-refractivity contribution in [3.63, 3.8) is 0 Å². The Morgan fingerprint density at radius 3 is 2.32 bits per heavy atom. The number of hydrogen-bond acceptors (Lipinski definition) is 4. The Balaban J connectivity index is 1.70. The Morgan fingerprint density at radius 1 is 1.00 bits per heavy atom. The molecule has 3 N–H and O–H groups in total. The Bertz CT molecular complexity index is 1280. The molecule has 34 heavy (non-hydrogen) atoms. The SMILES string of the molecule is Cc1cccc(-c2nc(C(F)(F)F)ccc2CNC(=O)Nc2ccc(CNS(C)(=O)=O)cc2)c1. The van der Waals surface area contributed by atoms with Crippen LogP contribution in [0.2, 0.25) is 0 Å². The van der Waals surface area contributed by atoms with Gasteiger partial charge in [-0.2, -0.15) is 13.2 Å². The van der Waals surface area contributed by atoms with E-state index in [-0.39, 0.29) is 18.8 Å². The fraction of sp³-hybridized carbons (Fsp3) is 0.217. The molecule has 0 aliphatic rings. The second-order valence-corrected chi connectivity index (χ2v) is 9.50. The van der Waals surface area contributed by atoms with Crippen LogP contribution in [0.25, 0.3) is 11.3 Å². The third-order valence-electron chi connectivity index (χ3n) is 4.75. The first-order valence-electron chi connectivity index (χ1n) is 10.1. The summed E-state index contributed by atoms with van der Waals surface area (Å²) in [6, 6.07) is 15.1. The van der Waals surface area contributed by atoms with Gasteiger partial charge in [0.05, 0.1) is 11.9 Å². The topological polar surface area (TPSA) is 100 Å². The molecular weight excluding hydrogens is 469 g/mol. The number of benzene rings is 2. The highest BCUT2D eigenvalue weighted by Crippen LogP contribution is 2.31. The number of urea groups is 1. The van der Waals surface area contributed by atoms with Crippen molar-refractivity contribution in [1.29, 1.82) is 0 Å². The number of carbonyl (C=O) groups is 1. The maximum absolute atomic E-state index is 13.2. The molecule has 2 amide bonds. The first-order chi connectivity index (χ1) is 15.9. The Kier molecular flexibility index (Phi) is 7.57. The third-order valence-corrected chi connectivity index (χ3v) is 5.42. The van der Waals surface area contributed by atoms with E-state index in [1.165, 1.54) is 6.07 Å². The average molecular weight is 493 g/mol. The van der Waals surface area contributed by atoms with Gasteiger partial charge in [0.1, 0.15) is 5.69 Å². The number of nitrogens with zero attached hydrogens (tertiary/aromatic N) is 1. The number of aromatic nitrogens is 1. The molecule has 0 fully saturated rings. The summed E-state index contributed by atoms with van der Waals surface area (Å²) in [6.45, 7) is 1.90. The first-order valence-corrected chi connectivity index (χ1v) is 12.0. The number of nitrogens with one attached hydrogen (secondary N) is 3. The molecule has 2 aromatic carbocycles. The number of carbonyl (C=O) groups excluding carboxylic acids is 1. The van der Waals surface area contributed by atoms with Gasteiger partial charge in [-0.1, -0.05) is 42.0 Å². The second kappa shape index (κ2) is 10.2. The zero-order chi connectivity index (χ0) is 24.9. The maximum Gasteiger partial charge on any atom is 0.433 e. The summed E-state index contributed by atoms with van der Waals surface area (Å²) in [5.41, 5.74) is 2.10. The van der Waals surface area contributed by atoms with Crippen molar-refractivity contribution >= 4 is 21.7 Å². The van der Waals surface area contributed by atoms with Crippen LogP contribution in [0.5, 0.6) is 0 Å². The standard InChI is InChI=1S/C23H23F3N4O3S/c1-15-4-3-5-17(12-15)21-18(8-11-20(30-21)23(24,25)26)14-27-22(31)29-19-9-6-16(7-10-19)13-28-34(2,32)33/h3-12,28H,13-14H2,1-2H3,(H2,27,29,31). The van der Waals surface area contributed by atoms with Gasteiger partial charge in [-0.05, 0) is 42.3 Å². The lowest BCUT2D eigenvalue weighted by Gasteiger charge is -2.14. The minimum atomic E-state index is -4.59. The number of pyridine rings is 1. The largest absolute Gasteiger partial charge is 0.433 e. The summed E-state index contributed by atoms with van der Waals surface area (Å²) in [7, 11) is -3.32. The van der Waals surface area contributed by atoms with Crippen molar-refractivity contribution in [2.45, 2.75) is 26.2 Å². The summed E-state index contributed by atoms with van der Waals surface area (Å²) < 4.78 is 64.3. The van der Waals surface area contributed by atoms with Gasteiger partial charge in [0.2, 0.25) is 10.0 Å². The Morgan fingerprint density at radius 2 is 1.71 bits per heavy atom. The van der Waals surface area contributed by atoms with E-state index >= 15 is 0 Å². The summed E-state index contributed by atoms with van der Waals surface area (Å²) in [5, 5.41) is 5.25. The maximum atomic E-state index is 13.2. The van der Waals surface area contributed by atoms with Crippen LogP contribution in [-0.2, 0) is 29.3 Å². The van der Waals surface area contributed by atoms with Crippen molar-refractivity contribution in [2.75, 3.05) is 11.6 Å². The molecule has 1 aromatic heterocycles. The van der Waals surface area contributed by atoms with E-state index in [0.29, 0.717) is 22.4 Å². The number of sulfonamides is 1. The van der Waals surface area contributed by atoms with Gasteiger partial charge in [0.15, 0.2) is 0 Å². The third kappa shape index (κ3) is 7.29. The summed E-state index contributed by atoms with van der Waals surface area (Å²) in [5.74, 6) is 0. The van der Waals surface area contributed by atoms with Gasteiger partial charge in [-0.15, -0.1) is 0 Å². The molecule has 0 bridgehead atoms. The molecule has 0 radical (unpaired) electrons. The van der Waals surface area contributed by atoms with Crippen LogP contribution in [0.4, 0.5) is 23.7 Å². The van der Waals surface area contributed by atoms with Crippen molar-refractivity contribution in [1.82, 2.24) is 15.0 Å².